The highest BCUT2D eigenvalue weighted by molar-refractivity contribution is 5.41. The summed E-state index contributed by atoms with van der Waals surface area (Å²) in [6, 6.07) is 2.92. The van der Waals surface area contributed by atoms with Crippen molar-refractivity contribution in [1.29, 1.82) is 0 Å². The van der Waals surface area contributed by atoms with Crippen LogP contribution in [0, 0.1) is 0 Å². The van der Waals surface area contributed by atoms with Crippen molar-refractivity contribution in [1.82, 2.24) is 0 Å². The summed E-state index contributed by atoms with van der Waals surface area (Å²) in [6.07, 6.45) is -0.0408. The molecule has 1 fully saturated rings. The molecule has 1 aromatic carbocycles. The molecule has 100 valence electrons. The molecule has 0 atom stereocenters. The molecule has 5 heteroatoms. The number of rotatable bonds is 2. The first kappa shape index (κ1) is 13.1. The Hall–Kier alpha value is -1.39. The fourth-order valence-corrected chi connectivity index (χ4v) is 2.21. The molecule has 0 aromatic heterocycles. The van der Waals surface area contributed by atoms with E-state index in [9.17, 15) is 18.3 Å². The van der Waals surface area contributed by atoms with E-state index >= 15 is 0 Å². The van der Waals surface area contributed by atoms with Crippen LogP contribution in [0.4, 0.5) is 13.2 Å². The van der Waals surface area contributed by atoms with E-state index in [0.717, 1.165) is 50.3 Å². The maximum Gasteiger partial charge on any atom is 0.419 e. The van der Waals surface area contributed by atoms with Crippen molar-refractivity contribution in [3.63, 3.8) is 0 Å². The summed E-state index contributed by atoms with van der Waals surface area (Å²) < 4.78 is 43.7. The second kappa shape index (κ2) is 5.08. The van der Waals surface area contributed by atoms with Gasteiger partial charge in [0.05, 0.1) is 11.7 Å². The third-order valence-corrected chi connectivity index (χ3v) is 3.12. The molecule has 1 aliphatic rings. The van der Waals surface area contributed by atoms with Gasteiger partial charge in [0.25, 0.3) is 0 Å². The van der Waals surface area contributed by atoms with Gasteiger partial charge in [-0.05, 0) is 37.8 Å². The van der Waals surface area contributed by atoms with Crippen LogP contribution in [0.1, 0.15) is 37.7 Å². The molecule has 0 aliphatic heterocycles. The van der Waals surface area contributed by atoms with Gasteiger partial charge in [0.15, 0.2) is 0 Å². The van der Waals surface area contributed by atoms with Crippen LogP contribution in [0.5, 0.6) is 11.5 Å². The zero-order chi connectivity index (χ0) is 13.2. The Bertz CT molecular complexity index is 409. The molecule has 2 rings (SSSR count). The molecule has 1 aromatic rings. The van der Waals surface area contributed by atoms with Crippen molar-refractivity contribution in [2.45, 2.75) is 44.4 Å². The van der Waals surface area contributed by atoms with Crippen molar-refractivity contribution in [2.24, 2.45) is 0 Å². The lowest BCUT2D eigenvalue weighted by Crippen LogP contribution is -2.21. The first-order chi connectivity index (χ1) is 8.47. The fourth-order valence-electron chi connectivity index (χ4n) is 2.21. The molecule has 1 aliphatic carbocycles. The van der Waals surface area contributed by atoms with Gasteiger partial charge in [-0.25, -0.2) is 0 Å². The number of phenols is 1. The van der Waals surface area contributed by atoms with Crippen molar-refractivity contribution < 1.29 is 23.0 Å². The Morgan fingerprint density at radius 1 is 1.11 bits per heavy atom. The van der Waals surface area contributed by atoms with E-state index in [1.54, 1.807) is 0 Å². The molecular formula is C13H15F3O2. The van der Waals surface area contributed by atoms with E-state index in [2.05, 4.69) is 0 Å². The van der Waals surface area contributed by atoms with Crippen molar-refractivity contribution in [3.05, 3.63) is 23.8 Å². The molecule has 0 unspecified atom stereocenters. The average Bonchev–Trinajstić information content (AvgIpc) is 2.28. The Balaban J connectivity index is 2.21. The second-order valence-corrected chi connectivity index (χ2v) is 4.56. The van der Waals surface area contributed by atoms with Crippen molar-refractivity contribution in [2.75, 3.05) is 0 Å². The van der Waals surface area contributed by atoms with Gasteiger partial charge in [-0.1, -0.05) is 6.42 Å². The number of hydrogen-bond donors (Lipinski definition) is 1. The van der Waals surface area contributed by atoms with E-state index in [4.69, 9.17) is 4.74 Å². The van der Waals surface area contributed by atoms with E-state index < -0.39 is 11.7 Å². The van der Waals surface area contributed by atoms with Crippen LogP contribution in [0.3, 0.4) is 0 Å². The molecule has 0 amide bonds. The fraction of sp³-hybridized carbons (Fsp3) is 0.538. The average molecular weight is 260 g/mol. The molecule has 0 saturated heterocycles. The first-order valence-corrected chi connectivity index (χ1v) is 6.03. The summed E-state index contributed by atoms with van der Waals surface area (Å²) in [5.41, 5.74) is -0.828. The van der Waals surface area contributed by atoms with Gasteiger partial charge in [0.2, 0.25) is 0 Å². The molecule has 2 nitrogen and oxygen atoms in total. The number of benzene rings is 1. The van der Waals surface area contributed by atoms with Gasteiger partial charge in [0.1, 0.15) is 11.5 Å². The van der Waals surface area contributed by atoms with Crippen LogP contribution < -0.4 is 4.74 Å². The monoisotopic (exact) mass is 260 g/mol. The highest BCUT2D eigenvalue weighted by atomic mass is 19.4. The zero-order valence-corrected chi connectivity index (χ0v) is 9.83. The SMILES string of the molecule is Oc1ccc(C(F)(F)F)c(OC2CCCCC2)c1. The van der Waals surface area contributed by atoms with Gasteiger partial charge < -0.3 is 9.84 Å². The van der Waals surface area contributed by atoms with Crippen LogP contribution in [-0.4, -0.2) is 11.2 Å². The molecule has 0 spiro atoms. The summed E-state index contributed by atoms with van der Waals surface area (Å²) in [6.45, 7) is 0. The van der Waals surface area contributed by atoms with Crippen LogP contribution in [0.15, 0.2) is 18.2 Å². The van der Waals surface area contributed by atoms with Crippen LogP contribution in [0.2, 0.25) is 0 Å². The molecule has 0 heterocycles. The number of phenolic OH excluding ortho intramolecular Hbond substituents is 1. The van der Waals surface area contributed by atoms with Crippen molar-refractivity contribution in [3.8, 4) is 11.5 Å². The topological polar surface area (TPSA) is 29.5 Å². The van der Waals surface area contributed by atoms with Gasteiger partial charge >= 0.3 is 6.18 Å². The molecule has 0 radical (unpaired) electrons. The summed E-state index contributed by atoms with van der Waals surface area (Å²) in [7, 11) is 0. The molecular weight excluding hydrogens is 245 g/mol. The Morgan fingerprint density at radius 3 is 2.39 bits per heavy atom. The minimum absolute atomic E-state index is 0.179. The van der Waals surface area contributed by atoms with E-state index in [0.29, 0.717) is 0 Å². The Labute approximate surface area is 103 Å². The van der Waals surface area contributed by atoms with E-state index in [-0.39, 0.29) is 17.6 Å². The van der Waals surface area contributed by atoms with Gasteiger partial charge in [-0.3, -0.25) is 0 Å². The van der Waals surface area contributed by atoms with Gasteiger partial charge in [-0.15, -0.1) is 0 Å². The minimum atomic E-state index is -4.46. The molecule has 0 bridgehead atoms. The van der Waals surface area contributed by atoms with Gasteiger partial charge in [0, 0.05) is 6.07 Å². The summed E-state index contributed by atoms with van der Waals surface area (Å²) in [5.74, 6) is -0.483. The molecule has 1 saturated carbocycles. The minimum Gasteiger partial charge on any atom is -0.508 e. The number of ether oxygens (including phenoxy) is 1. The quantitative estimate of drug-likeness (QED) is 0.866. The maximum absolute atomic E-state index is 12.8. The normalized spacial score (nSPS) is 17.7. The summed E-state index contributed by atoms with van der Waals surface area (Å²) >= 11 is 0. The third-order valence-electron chi connectivity index (χ3n) is 3.12. The van der Waals surface area contributed by atoms with Crippen molar-refractivity contribution >= 4 is 0 Å². The number of hydrogen-bond acceptors (Lipinski definition) is 2. The number of alkyl halides is 3. The lowest BCUT2D eigenvalue weighted by Gasteiger charge is -2.24. The molecule has 1 N–H and O–H groups in total. The Kier molecular flexibility index (Phi) is 3.68. The van der Waals surface area contributed by atoms with Gasteiger partial charge in [-0.2, -0.15) is 13.2 Å². The highest BCUT2D eigenvalue weighted by Crippen LogP contribution is 2.39. The lowest BCUT2D eigenvalue weighted by molar-refractivity contribution is -0.139. The number of halogens is 3. The Morgan fingerprint density at radius 2 is 1.78 bits per heavy atom. The number of aromatic hydroxyl groups is 1. The van der Waals surface area contributed by atoms with Crippen LogP contribution in [-0.2, 0) is 6.18 Å². The summed E-state index contributed by atoms with van der Waals surface area (Å²) in [5, 5.41) is 9.29. The third kappa shape index (κ3) is 3.09. The predicted octanol–water partition coefficient (Wildman–Crippen LogP) is 4.12. The predicted molar refractivity (Wildman–Crippen MR) is 60.6 cm³/mol. The zero-order valence-electron chi connectivity index (χ0n) is 9.83. The van der Waals surface area contributed by atoms with Crippen LogP contribution in [0.25, 0.3) is 0 Å². The largest absolute Gasteiger partial charge is 0.508 e. The van der Waals surface area contributed by atoms with E-state index in [1.165, 1.54) is 0 Å². The second-order valence-electron chi connectivity index (χ2n) is 4.56. The first-order valence-electron chi connectivity index (χ1n) is 6.03. The standard InChI is InChI=1S/C13H15F3O2/c14-13(15,16)11-7-6-9(17)8-12(11)18-10-4-2-1-3-5-10/h6-8,10,17H,1-5H2. The smallest absolute Gasteiger partial charge is 0.419 e. The molecule has 18 heavy (non-hydrogen) atoms. The summed E-state index contributed by atoms with van der Waals surface area (Å²) in [4.78, 5) is 0. The highest BCUT2D eigenvalue weighted by Gasteiger charge is 2.35. The van der Waals surface area contributed by atoms with Crippen LogP contribution >= 0.6 is 0 Å². The lowest BCUT2D eigenvalue weighted by atomic mass is 9.97. The maximum atomic E-state index is 12.8. The van der Waals surface area contributed by atoms with E-state index in [1.807, 2.05) is 0 Å².